The zero-order valence-electron chi connectivity index (χ0n) is 26.1. The maximum atomic E-state index is 12.1. The zero-order chi connectivity index (χ0) is 30.5. The van der Waals surface area contributed by atoms with Crippen LogP contribution in [-0.2, 0) is 33.2 Å². The Morgan fingerprint density at radius 3 is 2.07 bits per heavy atom. The van der Waals surface area contributed by atoms with Crippen LogP contribution in [0.2, 0.25) is 0 Å². The van der Waals surface area contributed by atoms with Gasteiger partial charge in [0.2, 0.25) is 0 Å². The molecule has 10 heteroatoms. The van der Waals surface area contributed by atoms with Crippen LogP contribution in [0, 0.1) is 0 Å². The van der Waals surface area contributed by atoms with Gasteiger partial charge in [0.05, 0.1) is 59.5 Å². The van der Waals surface area contributed by atoms with Crippen LogP contribution in [0.4, 0.5) is 0 Å². The lowest BCUT2D eigenvalue weighted by atomic mass is 10.1. The van der Waals surface area contributed by atoms with E-state index in [4.69, 9.17) is 33.5 Å². The van der Waals surface area contributed by atoms with Gasteiger partial charge >= 0.3 is 5.97 Å². The Labute approximate surface area is 254 Å². The Hall–Kier alpha value is -1.11. The number of hydrogen-bond donors (Lipinski definition) is 3. The fourth-order valence-electron chi connectivity index (χ4n) is 4.93. The van der Waals surface area contributed by atoms with Crippen molar-refractivity contribution in [2.24, 2.45) is 0 Å². The second kappa shape index (κ2) is 28.6. The summed E-state index contributed by atoms with van der Waals surface area (Å²) in [6, 6.07) is 0. The van der Waals surface area contributed by atoms with Crippen LogP contribution in [0.25, 0.3) is 0 Å². The van der Waals surface area contributed by atoms with E-state index in [0.717, 1.165) is 25.7 Å². The number of hydrogen-bond acceptors (Lipinski definition) is 10. The Morgan fingerprint density at radius 1 is 0.786 bits per heavy atom. The monoisotopic (exact) mass is 604 g/mol. The Kier molecular flexibility index (Phi) is 26.5. The third-order valence-electron chi connectivity index (χ3n) is 7.17. The maximum absolute atomic E-state index is 12.1. The molecule has 0 aromatic carbocycles. The van der Waals surface area contributed by atoms with E-state index in [1.807, 2.05) is 0 Å². The third-order valence-corrected chi connectivity index (χ3v) is 7.17. The smallest absolute Gasteiger partial charge is 0.305 e. The van der Waals surface area contributed by atoms with E-state index in [1.165, 1.54) is 57.8 Å². The molecule has 3 N–H and O–H groups in total. The Bertz CT molecular complexity index is 632. The van der Waals surface area contributed by atoms with Gasteiger partial charge in [0.1, 0.15) is 31.0 Å². The molecule has 1 saturated heterocycles. The second-order valence-electron chi connectivity index (χ2n) is 10.8. The molecule has 0 bridgehead atoms. The molecule has 0 saturated carbocycles. The highest BCUT2D eigenvalue weighted by atomic mass is 16.6. The minimum absolute atomic E-state index is 0.0910. The van der Waals surface area contributed by atoms with Crippen molar-refractivity contribution in [1.82, 2.24) is 0 Å². The van der Waals surface area contributed by atoms with E-state index in [2.05, 4.69) is 19.1 Å². The van der Waals surface area contributed by atoms with Crippen molar-refractivity contribution < 1.29 is 48.5 Å². The van der Waals surface area contributed by atoms with Crippen LogP contribution in [0.15, 0.2) is 12.2 Å². The summed E-state index contributed by atoms with van der Waals surface area (Å²) in [5, 5.41) is 27.5. The first-order valence-electron chi connectivity index (χ1n) is 16.3. The van der Waals surface area contributed by atoms with E-state index in [1.54, 1.807) is 0 Å². The molecule has 1 aliphatic rings. The molecule has 0 aliphatic carbocycles. The average Bonchev–Trinajstić information content (AvgIpc) is 3.40. The first-order valence-corrected chi connectivity index (χ1v) is 16.3. The summed E-state index contributed by atoms with van der Waals surface area (Å²) >= 11 is 0. The summed E-state index contributed by atoms with van der Waals surface area (Å²) in [5.74, 6) is -0.218. The highest BCUT2D eigenvalue weighted by Crippen LogP contribution is 2.25. The number of esters is 1. The van der Waals surface area contributed by atoms with Gasteiger partial charge in [-0.05, 0) is 32.1 Å². The van der Waals surface area contributed by atoms with Crippen molar-refractivity contribution >= 4 is 5.97 Å². The molecule has 42 heavy (non-hydrogen) atoms. The first-order chi connectivity index (χ1) is 20.7. The quantitative estimate of drug-likeness (QED) is 0.0625. The fraction of sp³-hybridized carbons (Fsp3) is 0.906. The highest BCUT2D eigenvalue weighted by Gasteiger charge is 2.44. The van der Waals surface area contributed by atoms with Crippen LogP contribution in [0.5, 0.6) is 0 Å². The number of ether oxygens (including phenoxy) is 6. The van der Waals surface area contributed by atoms with Crippen LogP contribution in [0.1, 0.15) is 96.8 Å². The third kappa shape index (κ3) is 20.0. The average molecular weight is 605 g/mol. The number of unbranched alkanes of at least 4 members (excludes halogenated alkanes) is 11. The topological polar surface area (TPSA) is 133 Å². The number of allylic oxidation sites excluding steroid dienone is 2. The van der Waals surface area contributed by atoms with E-state index < -0.39 is 24.4 Å². The molecular weight excluding hydrogens is 544 g/mol. The van der Waals surface area contributed by atoms with E-state index >= 15 is 0 Å². The van der Waals surface area contributed by atoms with Gasteiger partial charge in [-0.2, -0.15) is 0 Å². The predicted molar refractivity (Wildman–Crippen MR) is 161 cm³/mol. The lowest BCUT2D eigenvalue weighted by Gasteiger charge is -2.29. The van der Waals surface area contributed by atoms with Crippen molar-refractivity contribution in [3.05, 3.63) is 12.2 Å². The predicted octanol–water partition coefficient (Wildman–Crippen LogP) is 4.12. The molecule has 0 aromatic rings. The van der Waals surface area contributed by atoms with Gasteiger partial charge in [0, 0.05) is 6.42 Å². The molecule has 0 amide bonds. The zero-order valence-corrected chi connectivity index (χ0v) is 26.1. The molecule has 1 rings (SSSR count). The van der Waals surface area contributed by atoms with Gasteiger partial charge in [-0.15, -0.1) is 0 Å². The molecule has 0 spiro atoms. The van der Waals surface area contributed by atoms with Crippen molar-refractivity contribution in [1.29, 1.82) is 0 Å². The van der Waals surface area contributed by atoms with Crippen molar-refractivity contribution in [2.45, 2.75) is 121 Å². The fourth-order valence-corrected chi connectivity index (χ4v) is 4.93. The standard InChI is InChI=1S/C32H60O10/c1-2-3-4-5-6-7-8-9-10-11-12-13-14-15-16-17-30(36)40-25-24-37-26-28(38-21-18-33)32-31(41-23-20-35)29(27-42-32)39-22-19-34/h9-10,28-29,31-35H,2-8,11-27H2,1H3/b10-9-/t28-,29?,31?,32-/m1/s1. The normalized spacial score (nSPS) is 19.6. The van der Waals surface area contributed by atoms with Crippen molar-refractivity contribution in [2.75, 3.05) is 66.1 Å². The van der Waals surface area contributed by atoms with Crippen molar-refractivity contribution in [3.8, 4) is 0 Å². The SMILES string of the molecule is CCCCCCCC/C=C\CCCCCCCC(=O)OCCOC[C@@H](OCCO)[C@H]1OCC(OCCO)C1OCCO. The number of aliphatic hydroxyl groups excluding tert-OH is 3. The van der Waals surface area contributed by atoms with Gasteiger partial charge < -0.3 is 43.7 Å². The number of carbonyl (C=O) groups is 1. The summed E-state index contributed by atoms with van der Waals surface area (Å²) in [6.45, 7) is 2.87. The molecule has 0 radical (unpaired) electrons. The molecule has 4 atom stereocenters. The Morgan fingerprint density at radius 2 is 1.40 bits per heavy atom. The number of carbonyl (C=O) groups excluding carboxylic acids is 1. The molecule has 10 nitrogen and oxygen atoms in total. The molecule has 2 unspecified atom stereocenters. The van der Waals surface area contributed by atoms with Crippen LogP contribution < -0.4 is 0 Å². The van der Waals surface area contributed by atoms with Gasteiger partial charge in [0.15, 0.2) is 0 Å². The summed E-state index contributed by atoms with van der Waals surface area (Å²) in [7, 11) is 0. The molecule has 1 heterocycles. The number of aliphatic hydroxyl groups is 3. The van der Waals surface area contributed by atoms with Gasteiger partial charge in [-0.3, -0.25) is 4.79 Å². The lowest BCUT2D eigenvalue weighted by Crippen LogP contribution is -2.45. The molecule has 1 aliphatic heterocycles. The maximum Gasteiger partial charge on any atom is 0.305 e. The number of rotatable bonds is 30. The van der Waals surface area contributed by atoms with Crippen LogP contribution in [-0.4, -0.2) is 112 Å². The van der Waals surface area contributed by atoms with Gasteiger partial charge in [-0.1, -0.05) is 70.4 Å². The largest absolute Gasteiger partial charge is 0.463 e. The summed E-state index contributed by atoms with van der Waals surface area (Å²) < 4.78 is 34.0. The minimum Gasteiger partial charge on any atom is -0.463 e. The van der Waals surface area contributed by atoms with Gasteiger partial charge in [-0.25, -0.2) is 0 Å². The minimum atomic E-state index is -0.560. The Balaban J connectivity index is 2.13. The van der Waals surface area contributed by atoms with Gasteiger partial charge in [0.25, 0.3) is 0 Å². The second-order valence-corrected chi connectivity index (χ2v) is 10.8. The molecular formula is C32H60O10. The first kappa shape index (κ1) is 38.9. The van der Waals surface area contributed by atoms with E-state index in [9.17, 15) is 15.0 Å². The van der Waals surface area contributed by atoms with E-state index in [-0.39, 0.29) is 72.0 Å². The summed E-state index contributed by atoms with van der Waals surface area (Å²) in [6.07, 6.45) is 18.8. The van der Waals surface area contributed by atoms with Crippen LogP contribution in [0.3, 0.4) is 0 Å². The molecule has 1 fully saturated rings. The highest BCUT2D eigenvalue weighted by molar-refractivity contribution is 5.69. The summed E-state index contributed by atoms with van der Waals surface area (Å²) in [5.41, 5.74) is 0. The van der Waals surface area contributed by atoms with E-state index in [0.29, 0.717) is 6.42 Å². The molecule has 0 aromatic heterocycles. The molecule has 248 valence electrons. The van der Waals surface area contributed by atoms with Crippen molar-refractivity contribution in [3.63, 3.8) is 0 Å². The summed E-state index contributed by atoms with van der Waals surface area (Å²) in [4.78, 5) is 12.1. The lowest BCUT2D eigenvalue weighted by molar-refractivity contribution is -0.149. The van der Waals surface area contributed by atoms with Crippen LogP contribution >= 0.6 is 0 Å².